The van der Waals surface area contributed by atoms with Gasteiger partial charge < -0.3 is 15.2 Å². The van der Waals surface area contributed by atoms with E-state index in [0.29, 0.717) is 12.2 Å². The Hall–Kier alpha value is -1.24. The molecule has 1 heterocycles. The highest BCUT2D eigenvalue weighted by Crippen LogP contribution is 2.17. The number of carbonyl (C=O) groups is 3. The fourth-order valence-electron chi connectivity index (χ4n) is 2.23. The number of amides is 1. The number of ether oxygens (including phenoxy) is 1. The molecule has 1 unspecified atom stereocenters. The summed E-state index contributed by atoms with van der Waals surface area (Å²) >= 11 is 1.52. The van der Waals surface area contributed by atoms with Gasteiger partial charge in [-0.2, -0.15) is 11.8 Å². The van der Waals surface area contributed by atoms with Crippen LogP contribution in [0, 0.1) is 5.92 Å². The lowest BCUT2D eigenvalue weighted by Crippen LogP contribution is -2.47. The molecule has 0 bridgehead atoms. The summed E-state index contributed by atoms with van der Waals surface area (Å²) < 4.78 is 4.65. The molecule has 1 amide bonds. The van der Waals surface area contributed by atoms with Gasteiger partial charge in [0, 0.05) is 5.75 Å². The summed E-state index contributed by atoms with van der Waals surface area (Å²) in [6.45, 7) is 0. The molecule has 0 saturated carbocycles. The van der Waals surface area contributed by atoms with Gasteiger partial charge in [0.05, 0.1) is 7.11 Å². The number of hydrogen-bond donors (Lipinski definition) is 2. The predicted octanol–water partition coefficient (Wildman–Crippen LogP) is 1.43. The summed E-state index contributed by atoms with van der Waals surface area (Å²) in [6, 6.07) is -0.963. The van der Waals surface area contributed by atoms with Crippen molar-refractivity contribution in [1.29, 1.82) is 0 Å². The fourth-order valence-corrected chi connectivity index (χ4v) is 3.27. The number of aliphatic carboxylic acids is 1. The third kappa shape index (κ3) is 6.37. The van der Waals surface area contributed by atoms with Gasteiger partial charge in [-0.3, -0.25) is 9.59 Å². The quantitative estimate of drug-likeness (QED) is 0.591. The van der Waals surface area contributed by atoms with Gasteiger partial charge in [-0.05, 0) is 18.6 Å². The highest BCUT2D eigenvalue weighted by Gasteiger charge is 2.30. The fraction of sp³-hybridized carbons (Fsp3) is 0.786. The second kappa shape index (κ2) is 9.65. The van der Waals surface area contributed by atoms with Gasteiger partial charge in [0.25, 0.3) is 0 Å². The number of nitrogens with one attached hydrogen (secondary N) is 1. The Kier molecular flexibility index (Phi) is 8.19. The van der Waals surface area contributed by atoms with Crippen molar-refractivity contribution in [3.8, 4) is 0 Å². The number of hydrogen-bond acceptors (Lipinski definition) is 5. The van der Waals surface area contributed by atoms with E-state index in [0.717, 1.165) is 37.9 Å². The first-order valence-corrected chi connectivity index (χ1v) is 8.40. The maximum Gasteiger partial charge on any atom is 0.327 e. The van der Waals surface area contributed by atoms with E-state index in [1.807, 2.05) is 0 Å². The number of carboxylic acids is 1. The third-order valence-electron chi connectivity index (χ3n) is 3.48. The molecule has 0 aromatic rings. The molecular formula is C14H23NO5S. The zero-order valence-electron chi connectivity index (χ0n) is 12.3. The van der Waals surface area contributed by atoms with Gasteiger partial charge in [0.1, 0.15) is 12.0 Å². The minimum absolute atomic E-state index is 0.314. The predicted molar refractivity (Wildman–Crippen MR) is 80.1 cm³/mol. The molecule has 2 atom stereocenters. The van der Waals surface area contributed by atoms with Crippen LogP contribution in [0.5, 0.6) is 0 Å². The Morgan fingerprint density at radius 3 is 2.57 bits per heavy atom. The van der Waals surface area contributed by atoms with Crippen molar-refractivity contribution in [2.75, 3.05) is 18.6 Å². The number of carbonyl (C=O) groups excluding carboxylic acids is 2. The maximum absolute atomic E-state index is 12.1. The van der Waals surface area contributed by atoms with Crippen LogP contribution < -0.4 is 5.32 Å². The topological polar surface area (TPSA) is 92.7 Å². The van der Waals surface area contributed by atoms with E-state index in [9.17, 15) is 14.4 Å². The summed E-state index contributed by atoms with van der Waals surface area (Å²) in [4.78, 5) is 35.0. The van der Waals surface area contributed by atoms with Crippen molar-refractivity contribution in [3.63, 3.8) is 0 Å². The van der Waals surface area contributed by atoms with Crippen molar-refractivity contribution < 1.29 is 24.2 Å². The summed E-state index contributed by atoms with van der Waals surface area (Å²) in [5.41, 5.74) is 0. The molecule has 1 rings (SSSR count). The Balaban J connectivity index is 2.76. The molecule has 0 spiro atoms. The molecule has 21 heavy (non-hydrogen) atoms. The van der Waals surface area contributed by atoms with Crippen LogP contribution in [-0.2, 0) is 19.1 Å². The van der Waals surface area contributed by atoms with E-state index in [4.69, 9.17) is 5.11 Å². The maximum atomic E-state index is 12.1. The van der Waals surface area contributed by atoms with Crippen LogP contribution in [0.15, 0.2) is 0 Å². The summed E-state index contributed by atoms with van der Waals surface area (Å²) in [5.74, 6) is -1.93. The minimum atomic E-state index is -1.07. The number of carboxylic acid groups (broad SMARTS) is 1. The number of rotatable bonds is 2. The normalized spacial score (nSPS) is 25.7. The van der Waals surface area contributed by atoms with Crippen LogP contribution >= 0.6 is 11.8 Å². The van der Waals surface area contributed by atoms with E-state index < -0.39 is 29.8 Å². The molecule has 120 valence electrons. The average Bonchev–Trinajstić information content (AvgIpc) is 2.47. The molecule has 1 saturated heterocycles. The van der Waals surface area contributed by atoms with Crippen LogP contribution in [0.3, 0.4) is 0 Å². The molecule has 0 aromatic heterocycles. The third-order valence-corrected chi connectivity index (χ3v) is 4.63. The Labute approximate surface area is 129 Å². The van der Waals surface area contributed by atoms with Gasteiger partial charge in [-0.1, -0.05) is 25.7 Å². The second-order valence-electron chi connectivity index (χ2n) is 5.11. The van der Waals surface area contributed by atoms with E-state index in [1.165, 1.54) is 18.9 Å². The Bertz CT molecular complexity index is 374. The standard InChI is InChI=1S/C14H23NO5S/c1-20-14(19)10-7-5-3-2-4-6-8-21-9-11(13(17)18)15-12(10)16/h10-11H,2-9H2,1H3,(H,15,16)(H,17,18)/t10?,11-/m0/s1. The lowest BCUT2D eigenvalue weighted by molar-refractivity contribution is -0.152. The van der Waals surface area contributed by atoms with Crippen molar-refractivity contribution in [2.24, 2.45) is 5.92 Å². The van der Waals surface area contributed by atoms with Crippen molar-refractivity contribution in [2.45, 2.75) is 44.6 Å². The SMILES string of the molecule is COC(=O)C1CCCCCCCSC[C@@H](C(=O)O)NC1=O. The van der Waals surface area contributed by atoms with E-state index >= 15 is 0 Å². The van der Waals surface area contributed by atoms with Gasteiger partial charge in [-0.25, -0.2) is 4.79 Å². The Morgan fingerprint density at radius 1 is 1.24 bits per heavy atom. The van der Waals surface area contributed by atoms with Gasteiger partial charge >= 0.3 is 11.9 Å². The van der Waals surface area contributed by atoms with Crippen molar-refractivity contribution in [1.82, 2.24) is 5.32 Å². The lowest BCUT2D eigenvalue weighted by Gasteiger charge is -2.18. The summed E-state index contributed by atoms with van der Waals surface area (Å²) in [5, 5.41) is 11.6. The van der Waals surface area contributed by atoms with Crippen LogP contribution in [-0.4, -0.2) is 47.6 Å². The monoisotopic (exact) mass is 317 g/mol. The van der Waals surface area contributed by atoms with Crippen molar-refractivity contribution >= 4 is 29.6 Å². The van der Waals surface area contributed by atoms with Crippen molar-refractivity contribution in [3.05, 3.63) is 0 Å². The minimum Gasteiger partial charge on any atom is -0.480 e. The van der Waals surface area contributed by atoms with Gasteiger partial charge in [-0.15, -0.1) is 0 Å². The van der Waals surface area contributed by atoms with Gasteiger partial charge in [0.15, 0.2) is 0 Å². The number of esters is 1. The molecule has 1 aliphatic heterocycles. The average molecular weight is 317 g/mol. The molecular weight excluding hydrogens is 294 g/mol. The molecule has 1 aliphatic rings. The number of thioether (sulfide) groups is 1. The molecule has 7 heteroatoms. The molecule has 0 aliphatic carbocycles. The summed E-state index contributed by atoms with van der Waals surface area (Å²) in [6.07, 6.45) is 5.34. The Morgan fingerprint density at radius 2 is 1.90 bits per heavy atom. The zero-order chi connectivity index (χ0) is 15.7. The largest absolute Gasteiger partial charge is 0.480 e. The van der Waals surface area contributed by atoms with E-state index in [1.54, 1.807) is 0 Å². The highest BCUT2D eigenvalue weighted by molar-refractivity contribution is 7.99. The molecule has 6 nitrogen and oxygen atoms in total. The molecule has 1 fully saturated rings. The van der Waals surface area contributed by atoms with Crippen LogP contribution in [0.2, 0.25) is 0 Å². The van der Waals surface area contributed by atoms with E-state index in [2.05, 4.69) is 10.1 Å². The van der Waals surface area contributed by atoms with Crippen LogP contribution in [0.1, 0.15) is 38.5 Å². The molecule has 2 N–H and O–H groups in total. The van der Waals surface area contributed by atoms with Crippen LogP contribution in [0.25, 0.3) is 0 Å². The second-order valence-corrected chi connectivity index (χ2v) is 6.26. The van der Waals surface area contributed by atoms with Crippen LogP contribution in [0.4, 0.5) is 0 Å². The smallest absolute Gasteiger partial charge is 0.327 e. The number of methoxy groups -OCH3 is 1. The van der Waals surface area contributed by atoms with E-state index in [-0.39, 0.29) is 0 Å². The first-order valence-electron chi connectivity index (χ1n) is 7.25. The summed E-state index contributed by atoms with van der Waals surface area (Å²) in [7, 11) is 1.24. The van der Waals surface area contributed by atoms with Gasteiger partial charge in [0.2, 0.25) is 5.91 Å². The first kappa shape index (κ1) is 17.8. The molecule has 0 aromatic carbocycles. The zero-order valence-corrected chi connectivity index (χ0v) is 13.1. The lowest BCUT2D eigenvalue weighted by atomic mass is 9.99. The highest BCUT2D eigenvalue weighted by atomic mass is 32.2. The first-order chi connectivity index (χ1) is 10.1. The molecule has 0 radical (unpaired) electrons.